The van der Waals surface area contributed by atoms with Gasteiger partial charge in [-0.05, 0) is 44.5 Å². The molecule has 0 aliphatic heterocycles. The number of nitrogen functional groups attached to an aromatic ring is 1. The topological polar surface area (TPSA) is 47.1 Å². The summed E-state index contributed by atoms with van der Waals surface area (Å²) in [7, 11) is 0. The van der Waals surface area contributed by atoms with Gasteiger partial charge in [-0.15, -0.1) is 0 Å². The van der Waals surface area contributed by atoms with Crippen LogP contribution >= 0.6 is 0 Å². The highest BCUT2D eigenvalue weighted by atomic mass is 15.3. The predicted molar refractivity (Wildman–Crippen MR) is 87.9 cm³/mol. The van der Waals surface area contributed by atoms with Gasteiger partial charge in [-0.25, -0.2) is 0 Å². The quantitative estimate of drug-likeness (QED) is 0.793. The molecule has 2 rings (SSSR count). The number of benzene rings is 1. The van der Waals surface area contributed by atoms with Gasteiger partial charge in [0.1, 0.15) is 0 Å². The molecule has 2 N–H and O–H groups in total. The number of nitrogens with zero attached hydrogens (tertiary/aromatic N) is 3. The molecule has 1 heterocycles. The predicted octanol–water partition coefficient (Wildman–Crippen LogP) is 3.46. The highest BCUT2D eigenvalue weighted by Crippen LogP contribution is 2.15. The molecule has 114 valence electrons. The van der Waals surface area contributed by atoms with Crippen LogP contribution in [0.4, 0.5) is 5.69 Å². The van der Waals surface area contributed by atoms with Gasteiger partial charge in [0.05, 0.1) is 5.69 Å². The first kappa shape index (κ1) is 15.6. The molecule has 0 saturated heterocycles. The van der Waals surface area contributed by atoms with Gasteiger partial charge in [0.25, 0.3) is 0 Å². The first-order valence-corrected chi connectivity index (χ1v) is 7.70. The summed E-state index contributed by atoms with van der Waals surface area (Å²) < 4.78 is 2.01. The highest BCUT2D eigenvalue weighted by Gasteiger charge is 2.10. The van der Waals surface area contributed by atoms with Crippen LogP contribution in [0.5, 0.6) is 0 Å². The number of hydrogen-bond donors (Lipinski definition) is 1. The summed E-state index contributed by atoms with van der Waals surface area (Å²) >= 11 is 0. The van der Waals surface area contributed by atoms with Crippen LogP contribution in [-0.2, 0) is 13.1 Å². The van der Waals surface area contributed by atoms with Crippen molar-refractivity contribution >= 4 is 5.69 Å². The fraction of sp³-hybridized carbons (Fsp3) is 0.471. The maximum Gasteiger partial charge on any atom is 0.0765 e. The molecule has 4 nitrogen and oxygen atoms in total. The molecule has 21 heavy (non-hydrogen) atoms. The van der Waals surface area contributed by atoms with Crippen LogP contribution in [0.15, 0.2) is 36.5 Å². The van der Waals surface area contributed by atoms with Crippen LogP contribution in [0.3, 0.4) is 0 Å². The molecule has 2 aromatic rings. The lowest BCUT2D eigenvalue weighted by Crippen LogP contribution is -2.24. The first-order chi connectivity index (χ1) is 10.1. The maximum atomic E-state index is 6.06. The number of para-hydroxylation sites is 1. The summed E-state index contributed by atoms with van der Waals surface area (Å²) in [5.74, 6) is 0. The van der Waals surface area contributed by atoms with Crippen LogP contribution in [0.25, 0.3) is 0 Å². The lowest BCUT2D eigenvalue weighted by atomic mass is 10.1. The molecule has 0 fully saturated rings. The van der Waals surface area contributed by atoms with E-state index in [-0.39, 0.29) is 0 Å². The van der Waals surface area contributed by atoms with E-state index in [1.807, 2.05) is 22.9 Å². The van der Waals surface area contributed by atoms with Gasteiger partial charge in [-0.1, -0.05) is 25.1 Å². The van der Waals surface area contributed by atoms with E-state index in [1.54, 1.807) is 0 Å². The Bertz CT molecular complexity index is 559. The fourth-order valence-electron chi connectivity index (χ4n) is 2.43. The zero-order valence-electron chi connectivity index (χ0n) is 13.3. The summed E-state index contributed by atoms with van der Waals surface area (Å²) in [6.07, 6.45) is 3.18. The Labute approximate surface area is 127 Å². The van der Waals surface area contributed by atoms with Crippen molar-refractivity contribution in [3.63, 3.8) is 0 Å². The summed E-state index contributed by atoms with van der Waals surface area (Å²) in [4.78, 5) is 2.40. The van der Waals surface area contributed by atoms with Crippen LogP contribution < -0.4 is 5.73 Å². The zero-order chi connectivity index (χ0) is 15.2. The molecule has 0 aliphatic carbocycles. The van der Waals surface area contributed by atoms with Gasteiger partial charge in [0, 0.05) is 31.0 Å². The number of rotatable bonds is 7. The number of anilines is 1. The van der Waals surface area contributed by atoms with Gasteiger partial charge in [-0.3, -0.25) is 9.58 Å². The molecule has 0 saturated carbocycles. The van der Waals surface area contributed by atoms with Crippen molar-refractivity contribution in [2.75, 3.05) is 12.3 Å². The van der Waals surface area contributed by atoms with Crippen LogP contribution in [-0.4, -0.2) is 21.2 Å². The van der Waals surface area contributed by atoms with Crippen molar-refractivity contribution < 1.29 is 0 Å². The Morgan fingerprint density at radius 3 is 2.57 bits per heavy atom. The van der Waals surface area contributed by atoms with Gasteiger partial charge >= 0.3 is 0 Å². The van der Waals surface area contributed by atoms with Crippen molar-refractivity contribution in [1.82, 2.24) is 14.7 Å². The first-order valence-electron chi connectivity index (χ1n) is 7.70. The van der Waals surface area contributed by atoms with E-state index in [0.29, 0.717) is 6.04 Å². The number of hydrogen-bond acceptors (Lipinski definition) is 3. The molecule has 1 aromatic heterocycles. The SMILES string of the molecule is CCCN(Cc1ccn(C(C)C)n1)Cc1ccccc1N. The molecule has 0 radical (unpaired) electrons. The standard InChI is InChI=1S/C17H26N4/c1-4-10-20(12-15-7-5-6-8-17(15)18)13-16-9-11-21(19-16)14(2)3/h5-9,11,14H,4,10,12-13,18H2,1-3H3. The normalized spacial score (nSPS) is 11.5. The third-order valence-electron chi connectivity index (χ3n) is 3.57. The van der Waals surface area contributed by atoms with Gasteiger partial charge in [-0.2, -0.15) is 5.10 Å². The average molecular weight is 286 g/mol. The van der Waals surface area contributed by atoms with Crippen molar-refractivity contribution in [2.45, 2.75) is 46.3 Å². The maximum absolute atomic E-state index is 6.06. The highest BCUT2D eigenvalue weighted by molar-refractivity contribution is 5.46. The van der Waals surface area contributed by atoms with Crippen LogP contribution in [0.2, 0.25) is 0 Å². The van der Waals surface area contributed by atoms with Gasteiger partial charge < -0.3 is 5.73 Å². The van der Waals surface area contributed by atoms with Crippen LogP contribution in [0.1, 0.15) is 44.5 Å². The zero-order valence-corrected chi connectivity index (χ0v) is 13.3. The van der Waals surface area contributed by atoms with Gasteiger partial charge in [0.15, 0.2) is 0 Å². The smallest absolute Gasteiger partial charge is 0.0765 e. The molecular formula is C17H26N4. The molecule has 4 heteroatoms. The van der Waals surface area contributed by atoms with E-state index < -0.39 is 0 Å². The monoisotopic (exact) mass is 286 g/mol. The lowest BCUT2D eigenvalue weighted by Gasteiger charge is -2.21. The van der Waals surface area contributed by atoms with E-state index in [1.165, 1.54) is 5.56 Å². The Hall–Kier alpha value is -1.81. The van der Waals surface area contributed by atoms with E-state index in [9.17, 15) is 0 Å². The molecule has 0 bridgehead atoms. The molecule has 0 atom stereocenters. The van der Waals surface area contributed by atoms with Crippen molar-refractivity contribution in [3.8, 4) is 0 Å². The second kappa shape index (κ2) is 7.27. The Balaban J connectivity index is 2.06. The summed E-state index contributed by atoms with van der Waals surface area (Å²) in [6.45, 7) is 9.27. The van der Waals surface area contributed by atoms with Crippen molar-refractivity contribution in [1.29, 1.82) is 0 Å². The third-order valence-corrected chi connectivity index (χ3v) is 3.57. The van der Waals surface area contributed by atoms with E-state index in [4.69, 9.17) is 5.73 Å². The van der Waals surface area contributed by atoms with E-state index >= 15 is 0 Å². The molecule has 0 unspecified atom stereocenters. The van der Waals surface area contributed by atoms with E-state index in [0.717, 1.165) is 37.4 Å². The molecule has 0 aliphatic rings. The molecule has 0 amide bonds. The Kier molecular flexibility index (Phi) is 5.39. The van der Waals surface area contributed by atoms with Crippen molar-refractivity contribution in [2.24, 2.45) is 0 Å². The largest absolute Gasteiger partial charge is 0.398 e. The number of nitrogens with two attached hydrogens (primary N) is 1. The van der Waals surface area contributed by atoms with Crippen molar-refractivity contribution in [3.05, 3.63) is 47.8 Å². The molecule has 1 aromatic carbocycles. The lowest BCUT2D eigenvalue weighted by molar-refractivity contribution is 0.253. The van der Waals surface area contributed by atoms with E-state index in [2.05, 4.69) is 49.1 Å². The van der Waals surface area contributed by atoms with Crippen LogP contribution in [0, 0.1) is 0 Å². The summed E-state index contributed by atoms with van der Waals surface area (Å²) in [6, 6.07) is 10.6. The average Bonchev–Trinajstić information content (AvgIpc) is 2.90. The minimum atomic E-state index is 0.406. The summed E-state index contributed by atoms with van der Waals surface area (Å²) in [5, 5.41) is 4.64. The molecular weight excluding hydrogens is 260 g/mol. The third kappa shape index (κ3) is 4.33. The summed E-state index contributed by atoms with van der Waals surface area (Å²) in [5.41, 5.74) is 9.23. The number of aromatic nitrogens is 2. The van der Waals surface area contributed by atoms with Gasteiger partial charge in [0.2, 0.25) is 0 Å². The minimum absolute atomic E-state index is 0.406. The second-order valence-electron chi connectivity index (χ2n) is 5.79. The minimum Gasteiger partial charge on any atom is -0.398 e. The fourth-order valence-corrected chi connectivity index (χ4v) is 2.43. The molecule has 0 spiro atoms. The Morgan fingerprint density at radius 1 is 1.19 bits per heavy atom. The second-order valence-corrected chi connectivity index (χ2v) is 5.79. The Morgan fingerprint density at radius 2 is 1.95 bits per heavy atom.